The van der Waals surface area contributed by atoms with Crippen LogP contribution >= 0.6 is 11.3 Å². The second-order valence-electron chi connectivity index (χ2n) is 6.34. The summed E-state index contributed by atoms with van der Waals surface area (Å²) >= 11 is 1.30. The monoisotopic (exact) mass is 355 g/mol. The van der Waals surface area contributed by atoms with Crippen LogP contribution in [0.25, 0.3) is 0 Å². The minimum absolute atomic E-state index is 0.0445. The molecule has 0 bridgehead atoms. The van der Waals surface area contributed by atoms with Crippen LogP contribution in [0.15, 0.2) is 5.38 Å². The summed E-state index contributed by atoms with van der Waals surface area (Å²) in [6.07, 6.45) is 2.35. The molecule has 1 aliphatic carbocycles. The molecule has 0 unspecified atom stereocenters. The van der Waals surface area contributed by atoms with Crippen LogP contribution in [0.3, 0.4) is 0 Å². The van der Waals surface area contributed by atoms with E-state index in [-0.39, 0.29) is 48.4 Å². The number of carboxylic acid groups (broad SMARTS) is 1. The lowest BCUT2D eigenvalue weighted by Crippen LogP contribution is -2.31. The maximum absolute atomic E-state index is 11.3. The lowest BCUT2D eigenvalue weighted by molar-refractivity contribution is -0.148. The van der Waals surface area contributed by atoms with Crippen molar-refractivity contribution < 1.29 is 29.3 Å². The molecule has 2 aliphatic rings. The molecule has 1 saturated carbocycles. The summed E-state index contributed by atoms with van der Waals surface area (Å²) in [6, 6.07) is 0. The third-order valence-electron chi connectivity index (χ3n) is 4.87. The number of ether oxygens (including phenoxy) is 2. The predicted octanol–water partition coefficient (Wildman–Crippen LogP) is 2.01. The predicted molar refractivity (Wildman–Crippen MR) is 84.8 cm³/mol. The summed E-state index contributed by atoms with van der Waals surface area (Å²) in [5.41, 5.74) is 0.0445. The van der Waals surface area contributed by atoms with Gasteiger partial charge < -0.3 is 19.7 Å². The Bertz CT molecular complexity index is 617. The Hall–Kier alpha value is -1.51. The zero-order chi connectivity index (χ0) is 17.3. The first-order valence-electron chi connectivity index (χ1n) is 8.11. The number of hydrogen-bond acceptors (Lipinski definition) is 7. The third kappa shape index (κ3) is 3.45. The number of fused-ring (bicyclic) bond motifs is 1. The summed E-state index contributed by atoms with van der Waals surface area (Å²) in [5.74, 6) is -0.999. The van der Waals surface area contributed by atoms with Gasteiger partial charge in [0, 0.05) is 31.2 Å². The van der Waals surface area contributed by atoms with Crippen molar-refractivity contribution in [2.75, 3.05) is 6.61 Å². The van der Waals surface area contributed by atoms with E-state index in [1.54, 1.807) is 0 Å². The van der Waals surface area contributed by atoms with E-state index < -0.39 is 5.97 Å². The highest BCUT2D eigenvalue weighted by Gasteiger charge is 2.48. The van der Waals surface area contributed by atoms with Crippen molar-refractivity contribution >= 4 is 23.3 Å². The summed E-state index contributed by atoms with van der Waals surface area (Å²) in [6.45, 7) is 1.45. The Labute approximate surface area is 143 Å². The molecule has 3 rings (SSSR count). The number of aliphatic hydroxyl groups excluding tert-OH is 1. The van der Waals surface area contributed by atoms with Crippen molar-refractivity contribution in [3.8, 4) is 0 Å². The standard InChI is InChI=1S/C16H21NO6S/c1-8(19)22-13-6-14-9(10(13)4-5-18)2-3-12(23-14)15-17-11(7-24-15)16(20)21/h7,9-10,12-14,18H,2-6H2,1H3,(H,20,21)/t9-,10-,12-,13-,14+/m1/s1. The van der Waals surface area contributed by atoms with E-state index in [9.17, 15) is 14.7 Å². The molecule has 0 amide bonds. The van der Waals surface area contributed by atoms with Crippen LogP contribution in [-0.4, -0.2) is 46.0 Å². The van der Waals surface area contributed by atoms with Gasteiger partial charge >= 0.3 is 11.9 Å². The highest BCUT2D eigenvalue weighted by Crippen LogP contribution is 2.47. The molecule has 1 aromatic heterocycles. The highest BCUT2D eigenvalue weighted by molar-refractivity contribution is 7.09. The molecule has 24 heavy (non-hydrogen) atoms. The SMILES string of the molecule is CC(=O)O[C@@H]1C[C@@H]2O[C@@H](c3nc(C(=O)O)cs3)CC[C@@H]2[C@H]1CCO. The normalized spacial score (nSPS) is 32.3. The molecule has 132 valence electrons. The van der Waals surface area contributed by atoms with Crippen LogP contribution in [0.1, 0.15) is 54.2 Å². The molecule has 2 heterocycles. The Morgan fingerprint density at radius 1 is 1.46 bits per heavy atom. The van der Waals surface area contributed by atoms with Crippen molar-refractivity contribution in [2.24, 2.45) is 11.8 Å². The molecule has 1 aromatic rings. The number of aromatic carboxylic acids is 1. The minimum atomic E-state index is -1.04. The first-order chi connectivity index (χ1) is 11.5. The van der Waals surface area contributed by atoms with Gasteiger partial charge in [0.05, 0.1) is 6.10 Å². The van der Waals surface area contributed by atoms with Gasteiger partial charge in [-0.25, -0.2) is 9.78 Å². The lowest BCUT2D eigenvalue weighted by atomic mass is 9.85. The third-order valence-corrected chi connectivity index (χ3v) is 5.80. The van der Waals surface area contributed by atoms with Gasteiger partial charge in [-0.1, -0.05) is 0 Å². The van der Waals surface area contributed by atoms with Crippen LogP contribution in [-0.2, 0) is 14.3 Å². The van der Waals surface area contributed by atoms with Gasteiger partial charge in [0.2, 0.25) is 0 Å². The van der Waals surface area contributed by atoms with Crippen molar-refractivity contribution in [1.29, 1.82) is 0 Å². The molecule has 7 nitrogen and oxygen atoms in total. The number of carbonyl (C=O) groups excluding carboxylic acids is 1. The molecule has 0 spiro atoms. The maximum atomic E-state index is 11.3. The highest BCUT2D eigenvalue weighted by atomic mass is 32.1. The fourth-order valence-electron chi connectivity index (χ4n) is 3.92. The summed E-state index contributed by atoms with van der Waals surface area (Å²) in [5, 5.41) is 20.5. The van der Waals surface area contributed by atoms with Gasteiger partial charge in [-0.3, -0.25) is 4.79 Å². The number of carboxylic acids is 1. The molecule has 1 aliphatic heterocycles. The van der Waals surface area contributed by atoms with Gasteiger partial charge in [-0.2, -0.15) is 0 Å². The molecule has 2 fully saturated rings. The number of aromatic nitrogens is 1. The van der Waals surface area contributed by atoms with Crippen molar-refractivity contribution in [1.82, 2.24) is 4.98 Å². The average molecular weight is 355 g/mol. The van der Waals surface area contributed by atoms with Crippen molar-refractivity contribution in [3.05, 3.63) is 16.1 Å². The largest absolute Gasteiger partial charge is 0.476 e. The first-order valence-corrected chi connectivity index (χ1v) is 8.99. The van der Waals surface area contributed by atoms with Gasteiger partial charge in [0.25, 0.3) is 0 Å². The molecular formula is C16H21NO6S. The Kier molecular flexibility index (Phi) is 5.17. The second kappa shape index (κ2) is 7.16. The molecule has 1 saturated heterocycles. The van der Waals surface area contributed by atoms with E-state index in [1.165, 1.54) is 23.6 Å². The van der Waals surface area contributed by atoms with Gasteiger partial charge in [-0.05, 0) is 25.2 Å². The maximum Gasteiger partial charge on any atom is 0.355 e. The van der Waals surface area contributed by atoms with Crippen LogP contribution in [0.2, 0.25) is 0 Å². The van der Waals surface area contributed by atoms with Crippen LogP contribution in [0, 0.1) is 11.8 Å². The zero-order valence-electron chi connectivity index (χ0n) is 13.4. The second-order valence-corrected chi connectivity index (χ2v) is 7.23. The van der Waals surface area contributed by atoms with Crippen molar-refractivity contribution in [2.45, 2.75) is 50.9 Å². The van der Waals surface area contributed by atoms with Gasteiger partial charge in [0.15, 0.2) is 5.69 Å². The molecular weight excluding hydrogens is 334 g/mol. The number of hydrogen-bond donors (Lipinski definition) is 2. The van der Waals surface area contributed by atoms with Crippen LogP contribution < -0.4 is 0 Å². The minimum Gasteiger partial charge on any atom is -0.476 e. The Morgan fingerprint density at radius 3 is 2.88 bits per heavy atom. The lowest BCUT2D eigenvalue weighted by Gasteiger charge is -2.33. The summed E-state index contributed by atoms with van der Waals surface area (Å²) in [4.78, 5) is 26.4. The molecule has 8 heteroatoms. The molecule has 5 atom stereocenters. The number of aliphatic hydroxyl groups is 1. The number of rotatable bonds is 5. The molecule has 0 radical (unpaired) electrons. The summed E-state index contributed by atoms with van der Waals surface area (Å²) < 4.78 is 11.6. The van der Waals surface area contributed by atoms with E-state index in [2.05, 4.69) is 4.98 Å². The van der Waals surface area contributed by atoms with E-state index in [0.717, 1.165) is 12.8 Å². The number of nitrogens with zero attached hydrogens (tertiary/aromatic N) is 1. The van der Waals surface area contributed by atoms with Gasteiger partial charge in [0.1, 0.15) is 17.2 Å². The van der Waals surface area contributed by atoms with Crippen LogP contribution in [0.5, 0.6) is 0 Å². The molecule has 0 aromatic carbocycles. The fraction of sp³-hybridized carbons (Fsp3) is 0.688. The van der Waals surface area contributed by atoms with E-state index in [4.69, 9.17) is 14.6 Å². The Morgan fingerprint density at radius 2 is 2.25 bits per heavy atom. The van der Waals surface area contributed by atoms with E-state index in [1.807, 2.05) is 0 Å². The fourth-order valence-corrected chi connectivity index (χ4v) is 4.78. The quantitative estimate of drug-likeness (QED) is 0.778. The average Bonchev–Trinajstić information content (AvgIpc) is 3.12. The van der Waals surface area contributed by atoms with E-state index >= 15 is 0 Å². The molecule has 2 N–H and O–H groups in total. The number of esters is 1. The number of carbonyl (C=O) groups is 2. The summed E-state index contributed by atoms with van der Waals surface area (Å²) in [7, 11) is 0. The van der Waals surface area contributed by atoms with Gasteiger partial charge in [-0.15, -0.1) is 11.3 Å². The van der Waals surface area contributed by atoms with Crippen molar-refractivity contribution in [3.63, 3.8) is 0 Å². The topological polar surface area (TPSA) is 106 Å². The Balaban J connectivity index is 1.71. The first kappa shape index (κ1) is 17.3. The van der Waals surface area contributed by atoms with Crippen LogP contribution in [0.4, 0.5) is 0 Å². The smallest absolute Gasteiger partial charge is 0.355 e. The van der Waals surface area contributed by atoms with E-state index in [0.29, 0.717) is 17.8 Å². The number of thiazole rings is 1. The zero-order valence-corrected chi connectivity index (χ0v) is 14.2.